The van der Waals surface area contributed by atoms with Crippen LogP contribution in [0.2, 0.25) is 0 Å². The minimum Gasteiger partial charge on any atom is -0.480 e. The number of rotatable bonds is 8. The summed E-state index contributed by atoms with van der Waals surface area (Å²) in [6.45, 7) is 3.87. The Labute approximate surface area is 131 Å². The van der Waals surface area contributed by atoms with Crippen LogP contribution < -0.4 is 5.32 Å². The Morgan fingerprint density at radius 1 is 1.24 bits per heavy atom. The Bertz CT molecular complexity index is 462. The van der Waals surface area contributed by atoms with Crippen molar-refractivity contribution in [3.63, 3.8) is 0 Å². The minimum absolute atomic E-state index is 0.204. The minimum atomic E-state index is -0.991. The van der Waals surface area contributed by atoms with Gasteiger partial charge >= 0.3 is 5.97 Å². The zero-order valence-corrected chi connectivity index (χ0v) is 13.3. The van der Waals surface area contributed by atoms with Gasteiger partial charge in [0.2, 0.25) is 5.91 Å². The first-order valence-corrected chi connectivity index (χ1v) is 7.75. The monoisotopic (exact) mass is 309 g/mol. The van der Waals surface area contributed by atoms with Crippen LogP contribution in [-0.2, 0) is 16.0 Å². The summed E-state index contributed by atoms with van der Waals surface area (Å²) in [5.41, 5.74) is 1.04. The van der Waals surface area contributed by atoms with E-state index in [-0.39, 0.29) is 17.7 Å². The Hall–Kier alpha value is -1.49. The summed E-state index contributed by atoms with van der Waals surface area (Å²) < 4.78 is 0. The number of thiol groups is 1. The molecule has 0 fully saturated rings. The molecule has 0 radical (unpaired) electrons. The van der Waals surface area contributed by atoms with Crippen molar-refractivity contribution in [1.82, 2.24) is 5.32 Å². The van der Waals surface area contributed by atoms with E-state index in [1.165, 1.54) is 0 Å². The molecule has 0 aliphatic rings. The molecule has 1 rings (SSSR count). The van der Waals surface area contributed by atoms with Crippen LogP contribution in [0.4, 0.5) is 0 Å². The number of carbonyl (C=O) groups is 2. The number of carboxylic acid groups (broad SMARTS) is 1. The van der Waals surface area contributed by atoms with Crippen molar-refractivity contribution in [2.24, 2.45) is 11.8 Å². The molecule has 0 aromatic heterocycles. The van der Waals surface area contributed by atoms with E-state index in [9.17, 15) is 14.7 Å². The summed E-state index contributed by atoms with van der Waals surface area (Å²) in [7, 11) is 0. The SMILES string of the molecule is CC(C)C[C@H](NC(=O)[C@H](CS)Cc1ccccc1)C(=O)O. The number of carboxylic acids is 1. The number of carbonyl (C=O) groups excluding carboxylic acids is 1. The van der Waals surface area contributed by atoms with E-state index in [1.807, 2.05) is 44.2 Å². The molecule has 4 nitrogen and oxygen atoms in total. The molecular weight excluding hydrogens is 286 g/mol. The normalized spacial score (nSPS) is 13.7. The molecule has 0 aliphatic heterocycles. The molecule has 0 saturated heterocycles. The highest BCUT2D eigenvalue weighted by molar-refractivity contribution is 7.80. The van der Waals surface area contributed by atoms with Gasteiger partial charge in [-0.25, -0.2) is 4.79 Å². The second-order valence-electron chi connectivity index (χ2n) is 5.60. The van der Waals surface area contributed by atoms with Gasteiger partial charge in [-0.1, -0.05) is 44.2 Å². The standard InChI is InChI=1S/C16H23NO3S/c1-11(2)8-14(16(19)20)17-15(18)13(10-21)9-12-6-4-3-5-7-12/h3-7,11,13-14,21H,8-10H2,1-2H3,(H,17,18)(H,19,20)/t13-,14-/m0/s1. The first-order valence-electron chi connectivity index (χ1n) is 7.12. The number of amides is 1. The van der Waals surface area contributed by atoms with Crippen molar-refractivity contribution in [3.8, 4) is 0 Å². The van der Waals surface area contributed by atoms with Crippen LogP contribution in [0.25, 0.3) is 0 Å². The number of hydrogen-bond donors (Lipinski definition) is 3. The van der Waals surface area contributed by atoms with E-state index in [0.29, 0.717) is 18.6 Å². The third-order valence-corrected chi connectivity index (χ3v) is 3.68. The van der Waals surface area contributed by atoms with E-state index in [4.69, 9.17) is 0 Å². The lowest BCUT2D eigenvalue weighted by atomic mass is 9.98. The fourth-order valence-electron chi connectivity index (χ4n) is 2.12. The van der Waals surface area contributed by atoms with Gasteiger partial charge in [-0.15, -0.1) is 0 Å². The quantitative estimate of drug-likeness (QED) is 0.646. The molecule has 116 valence electrons. The van der Waals surface area contributed by atoms with Crippen molar-refractivity contribution in [2.75, 3.05) is 5.75 Å². The molecule has 0 bridgehead atoms. The van der Waals surface area contributed by atoms with Crippen LogP contribution in [0.1, 0.15) is 25.8 Å². The highest BCUT2D eigenvalue weighted by Gasteiger charge is 2.25. The Balaban J connectivity index is 2.67. The smallest absolute Gasteiger partial charge is 0.326 e. The fraction of sp³-hybridized carbons (Fsp3) is 0.500. The number of benzene rings is 1. The Morgan fingerprint density at radius 3 is 2.33 bits per heavy atom. The van der Waals surface area contributed by atoms with Crippen molar-refractivity contribution in [3.05, 3.63) is 35.9 Å². The van der Waals surface area contributed by atoms with Crippen LogP contribution in [0.15, 0.2) is 30.3 Å². The largest absolute Gasteiger partial charge is 0.480 e. The predicted octanol–water partition coefficient (Wildman–Crippen LogP) is 2.39. The predicted molar refractivity (Wildman–Crippen MR) is 86.5 cm³/mol. The van der Waals surface area contributed by atoms with Crippen LogP contribution in [-0.4, -0.2) is 28.8 Å². The lowest BCUT2D eigenvalue weighted by molar-refractivity contribution is -0.142. The third kappa shape index (κ3) is 6.21. The van der Waals surface area contributed by atoms with Gasteiger partial charge in [0, 0.05) is 5.75 Å². The summed E-state index contributed by atoms with van der Waals surface area (Å²) in [6.07, 6.45) is 0.982. The lowest BCUT2D eigenvalue weighted by Crippen LogP contribution is -2.45. The average Bonchev–Trinajstić information content (AvgIpc) is 2.44. The zero-order chi connectivity index (χ0) is 15.8. The highest BCUT2D eigenvalue weighted by atomic mass is 32.1. The van der Waals surface area contributed by atoms with E-state index < -0.39 is 12.0 Å². The van der Waals surface area contributed by atoms with Crippen LogP contribution in [0, 0.1) is 11.8 Å². The van der Waals surface area contributed by atoms with E-state index >= 15 is 0 Å². The van der Waals surface area contributed by atoms with Gasteiger partial charge in [0.1, 0.15) is 6.04 Å². The number of hydrogen-bond acceptors (Lipinski definition) is 3. The van der Waals surface area contributed by atoms with E-state index in [2.05, 4.69) is 17.9 Å². The Kier molecular flexibility index (Phi) is 7.29. The third-order valence-electron chi connectivity index (χ3n) is 3.24. The van der Waals surface area contributed by atoms with Crippen LogP contribution in [0.3, 0.4) is 0 Å². The van der Waals surface area contributed by atoms with Crippen molar-refractivity contribution in [1.29, 1.82) is 0 Å². The van der Waals surface area contributed by atoms with Gasteiger partial charge in [-0.3, -0.25) is 4.79 Å². The average molecular weight is 309 g/mol. The van der Waals surface area contributed by atoms with Crippen molar-refractivity contribution < 1.29 is 14.7 Å². The summed E-state index contributed by atoms with van der Waals surface area (Å²) in [5, 5.41) is 11.8. The lowest BCUT2D eigenvalue weighted by Gasteiger charge is -2.20. The van der Waals surface area contributed by atoms with Crippen molar-refractivity contribution >= 4 is 24.5 Å². The molecule has 2 atom stereocenters. The summed E-state index contributed by atoms with van der Waals surface area (Å²) >= 11 is 4.22. The second-order valence-corrected chi connectivity index (χ2v) is 5.96. The molecule has 0 aliphatic carbocycles. The molecular formula is C16H23NO3S. The summed E-state index contributed by atoms with van der Waals surface area (Å²) in [5.74, 6) is -0.981. The maximum atomic E-state index is 12.3. The molecule has 21 heavy (non-hydrogen) atoms. The molecule has 1 aromatic carbocycles. The molecule has 1 aromatic rings. The maximum Gasteiger partial charge on any atom is 0.326 e. The van der Waals surface area contributed by atoms with Gasteiger partial charge < -0.3 is 10.4 Å². The molecule has 0 unspecified atom stereocenters. The van der Waals surface area contributed by atoms with E-state index in [0.717, 1.165) is 5.56 Å². The second kappa shape index (κ2) is 8.72. The molecule has 2 N–H and O–H groups in total. The first-order chi connectivity index (χ1) is 9.93. The highest BCUT2D eigenvalue weighted by Crippen LogP contribution is 2.12. The maximum absolute atomic E-state index is 12.3. The van der Waals surface area contributed by atoms with Gasteiger partial charge in [-0.2, -0.15) is 12.6 Å². The number of nitrogens with one attached hydrogen (secondary N) is 1. The fourth-order valence-corrected chi connectivity index (χ4v) is 2.42. The van der Waals surface area contributed by atoms with Crippen LogP contribution in [0.5, 0.6) is 0 Å². The van der Waals surface area contributed by atoms with Crippen molar-refractivity contribution in [2.45, 2.75) is 32.7 Å². The van der Waals surface area contributed by atoms with Gasteiger partial charge in [0.15, 0.2) is 0 Å². The zero-order valence-electron chi connectivity index (χ0n) is 12.5. The first kappa shape index (κ1) is 17.6. The topological polar surface area (TPSA) is 66.4 Å². The molecule has 1 amide bonds. The van der Waals surface area contributed by atoms with Gasteiger partial charge in [-0.05, 0) is 24.3 Å². The van der Waals surface area contributed by atoms with E-state index in [1.54, 1.807) is 0 Å². The summed E-state index contributed by atoms with van der Waals surface area (Å²) in [6, 6.07) is 8.82. The molecule has 0 spiro atoms. The van der Waals surface area contributed by atoms with Gasteiger partial charge in [0.05, 0.1) is 5.92 Å². The summed E-state index contributed by atoms with van der Waals surface area (Å²) in [4.78, 5) is 23.5. The molecule has 0 saturated carbocycles. The number of aliphatic carboxylic acids is 1. The molecule has 0 heterocycles. The van der Waals surface area contributed by atoms with Crippen LogP contribution >= 0.6 is 12.6 Å². The van der Waals surface area contributed by atoms with Gasteiger partial charge in [0.25, 0.3) is 0 Å². The Morgan fingerprint density at radius 2 is 1.86 bits per heavy atom. The molecule has 5 heteroatoms.